The smallest absolute Gasteiger partial charge is 0.241 e. The minimum absolute atomic E-state index is 0.0676. The average Bonchev–Trinajstić information content (AvgIpc) is 2.60. The van der Waals surface area contributed by atoms with Gasteiger partial charge in [0.2, 0.25) is 5.91 Å². The first-order chi connectivity index (χ1) is 12.2. The van der Waals surface area contributed by atoms with Gasteiger partial charge in [-0.05, 0) is 57.8 Å². The third-order valence-corrected chi connectivity index (χ3v) is 7.11. The van der Waals surface area contributed by atoms with Crippen molar-refractivity contribution in [1.29, 1.82) is 0 Å². The summed E-state index contributed by atoms with van der Waals surface area (Å²) >= 11 is 0. The van der Waals surface area contributed by atoms with Crippen LogP contribution in [0.3, 0.4) is 0 Å². The van der Waals surface area contributed by atoms with E-state index < -0.39 is 20.5 Å². The van der Waals surface area contributed by atoms with Crippen molar-refractivity contribution >= 4 is 15.7 Å². The van der Waals surface area contributed by atoms with E-state index >= 15 is 0 Å². The van der Waals surface area contributed by atoms with E-state index in [4.69, 9.17) is 4.74 Å². The Morgan fingerprint density at radius 1 is 1.35 bits per heavy atom. The molecule has 0 aromatic heterocycles. The predicted molar refractivity (Wildman–Crippen MR) is 103 cm³/mol. The summed E-state index contributed by atoms with van der Waals surface area (Å²) in [6, 6.07) is 5.83. The molecule has 1 amide bonds. The molecule has 0 bridgehead atoms. The van der Waals surface area contributed by atoms with Crippen LogP contribution in [-0.2, 0) is 21.2 Å². The van der Waals surface area contributed by atoms with Crippen LogP contribution in [-0.4, -0.2) is 44.5 Å². The number of rotatable bonds is 7. The van der Waals surface area contributed by atoms with Crippen molar-refractivity contribution in [2.24, 2.45) is 0 Å². The molecule has 0 spiro atoms. The molecule has 1 fully saturated rings. The molecule has 7 heteroatoms. The van der Waals surface area contributed by atoms with Gasteiger partial charge in [-0.2, -0.15) is 0 Å². The first kappa shape index (κ1) is 20.7. The molecule has 1 aliphatic rings. The molecule has 0 aliphatic carbocycles. The Hall–Kier alpha value is -1.60. The Labute approximate surface area is 156 Å². The maximum atomic E-state index is 12.8. The molecule has 0 saturated carbocycles. The number of hydrogen-bond donors (Lipinski definition) is 2. The molecule has 1 heterocycles. The number of aryl methyl sites for hydroxylation is 1. The van der Waals surface area contributed by atoms with E-state index in [2.05, 4.69) is 17.6 Å². The van der Waals surface area contributed by atoms with E-state index in [1.807, 2.05) is 32.0 Å². The Morgan fingerprint density at radius 2 is 2.00 bits per heavy atom. The molecule has 26 heavy (non-hydrogen) atoms. The number of carbonyl (C=O) groups excluding carboxylic acids is 1. The number of amides is 1. The molecule has 6 nitrogen and oxygen atoms in total. The van der Waals surface area contributed by atoms with E-state index in [0.29, 0.717) is 25.9 Å². The van der Waals surface area contributed by atoms with Crippen LogP contribution in [0.5, 0.6) is 5.75 Å². The van der Waals surface area contributed by atoms with Gasteiger partial charge < -0.3 is 15.4 Å². The Bertz CT molecular complexity index is 740. The third-order valence-electron chi connectivity index (χ3n) is 5.10. The summed E-state index contributed by atoms with van der Waals surface area (Å²) in [6.07, 6.45) is 2.69. The number of piperidine rings is 1. The van der Waals surface area contributed by atoms with E-state index in [1.165, 1.54) is 0 Å². The topological polar surface area (TPSA) is 84.5 Å². The number of benzene rings is 1. The number of nitrogens with one attached hydrogen (secondary N) is 2. The summed E-state index contributed by atoms with van der Waals surface area (Å²) in [7, 11) is -3.51. The van der Waals surface area contributed by atoms with Gasteiger partial charge in [-0.25, -0.2) is 8.42 Å². The van der Waals surface area contributed by atoms with E-state index in [9.17, 15) is 13.2 Å². The van der Waals surface area contributed by atoms with Gasteiger partial charge in [0.25, 0.3) is 0 Å². The fourth-order valence-corrected chi connectivity index (χ4v) is 4.51. The number of sulfone groups is 1. The lowest BCUT2D eigenvalue weighted by molar-refractivity contribution is -0.124. The maximum absolute atomic E-state index is 12.8. The lowest BCUT2D eigenvalue weighted by Crippen LogP contribution is -2.57. The van der Waals surface area contributed by atoms with Crippen molar-refractivity contribution in [1.82, 2.24) is 10.6 Å². The monoisotopic (exact) mass is 382 g/mol. The standard InChI is InChI=1S/C19H30N2O4S/c1-5-15(3)25-17-12-14(2)6-7-16(17)13-21-18(22)19(26(4,23)24)8-10-20-11-9-19/h6-7,12,15,20H,5,8-11,13H2,1-4H3,(H,21,22). The molecule has 1 unspecified atom stereocenters. The van der Waals surface area contributed by atoms with Crippen molar-refractivity contribution in [2.45, 2.75) is 57.4 Å². The highest BCUT2D eigenvalue weighted by molar-refractivity contribution is 7.92. The third kappa shape index (κ3) is 4.57. The molecule has 2 rings (SSSR count). The number of ether oxygens (including phenoxy) is 1. The minimum atomic E-state index is -3.51. The molecule has 1 atom stereocenters. The summed E-state index contributed by atoms with van der Waals surface area (Å²) < 4.78 is 29.3. The highest BCUT2D eigenvalue weighted by Crippen LogP contribution is 2.29. The maximum Gasteiger partial charge on any atom is 0.241 e. The second kappa shape index (κ2) is 8.39. The molecule has 1 saturated heterocycles. The van der Waals surface area contributed by atoms with Crippen LogP contribution in [0, 0.1) is 6.92 Å². The van der Waals surface area contributed by atoms with Gasteiger partial charge in [0.15, 0.2) is 14.6 Å². The number of carbonyl (C=O) groups is 1. The van der Waals surface area contributed by atoms with Gasteiger partial charge in [-0.1, -0.05) is 19.1 Å². The van der Waals surface area contributed by atoms with Gasteiger partial charge in [-0.15, -0.1) is 0 Å². The normalized spacial score (nSPS) is 18.2. The van der Waals surface area contributed by atoms with Gasteiger partial charge in [0.05, 0.1) is 6.10 Å². The quantitative estimate of drug-likeness (QED) is 0.753. The summed E-state index contributed by atoms with van der Waals surface area (Å²) in [5.41, 5.74) is 1.92. The first-order valence-corrected chi connectivity index (χ1v) is 11.0. The fraction of sp³-hybridized carbons (Fsp3) is 0.632. The lowest BCUT2D eigenvalue weighted by Gasteiger charge is -2.34. The zero-order chi connectivity index (χ0) is 19.4. The largest absolute Gasteiger partial charge is 0.490 e. The van der Waals surface area contributed by atoms with Gasteiger partial charge in [-0.3, -0.25) is 4.79 Å². The summed E-state index contributed by atoms with van der Waals surface area (Å²) in [4.78, 5) is 12.8. The minimum Gasteiger partial charge on any atom is -0.490 e. The molecular formula is C19H30N2O4S. The summed E-state index contributed by atoms with van der Waals surface area (Å²) in [6.45, 7) is 7.32. The van der Waals surface area contributed by atoms with Gasteiger partial charge >= 0.3 is 0 Å². The molecule has 1 aliphatic heterocycles. The predicted octanol–water partition coefficient (Wildman–Crippen LogP) is 1.96. The fourth-order valence-electron chi connectivity index (χ4n) is 3.15. The van der Waals surface area contributed by atoms with Gasteiger partial charge in [0, 0.05) is 18.4 Å². The highest BCUT2D eigenvalue weighted by Gasteiger charge is 2.48. The second-order valence-electron chi connectivity index (χ2n) is 7.15. The Morgan fingerprint density at radius 3 is 2.58 bits per heavy atom. The Balaban J connectivity index is 2.18. The van der Waals surface area contributed by atoms with Crippen LogP contribution in [0.4, 0.5) is 0 Å². The van der Waals surface area contributed by atoms with Crippen molar-refractivity contribution in [2.75, 3.05) is 19.3 Å². The zero-order valence-electron chi connectivity index (χ0n) is 16.1. The van der Waals surface area contributed by atoms with Crippen LogP contribution in [0.1, 0.15) is 44.2 Å². The van der Waals surface area contributed by atoms with E-state index in [-0.39, 0.29) is 12.6 Å². The van der Waals surface area contributed by atoms with Crippen molar-refractivity contribution in [3.63, 3.8) is 0 Å². The van der Waals surface area contributed by atoms with Crippen LogP contribution in [0.2, 0.25) is 0 Å². The first-order valence-electron chi connectivity index (χ1n) is 9.14. The van der Waals surface area contributed by atoms with Crippen LogP contribution < -0.4 is 15.4 Å². The molecule has 1 aromatic carbocycles. The van der Waals surface area contributed by atoms with E-state index in [0.717, 1.165) is 29.6 Å². The molecular weight excluding hydrogens is 352 g/mol. The number of hydrogen-bond acceptors (Lipinski definition) is 5. The average molecular weight is 383 g/mol. The molecule has 1 aromatic rings. The highest BCUT2D eigenvalue weighted by atomic mass is 32.2. The van der Waals surface area contributed by atoms with Crippen molar-refractivity contribution in [3.8, 4) is 5.75 Å². The Kier molecular flexibility index (Phi) is 6.69. The van der Waals surface area contributed by atoms with Crippen LogP contribution >= 0.6 is 0 Å². The van der Waals surface area contributed by atoms with Gasteiger partial charge in [0.1, 0.15) is 5.75 Å². The van der Waals surface area contributed by atoms with Crippen LogP contribution in [0.15, 0.2) is 18.2 Å². The van der Waals surface area contributed by atoms with E-state index in [1.54, 1.807) is 0 Å². The molecule has 0 radical (unpaired) electrons. The van der Waals surface area contributed by atoms with Crippen molar-refractivity contribution in [3.05, 3.63) is 29.3 Å². The molecule has 2 N–H and O–H groups in total. The molecule has 146 valence electrons. The van der Waals surface area contributed by atoms with Crippen LogP contribution in [0.25, 0.3) is 0 Å². The summed E-state index contributed by atoms with van der Waals surface area (Å²) in [5.74, 6) is 0.315. The SMILES string of the molecule is CCC(C)Oc1cc(C)ccc1CNC(=O)C1(S(C)(=O)=O)CCNCC1. The second-order valence-corrected chi connectivity index (χ2v) is 9.47. The van der Waals surface area contributed by atoms with Crippen molar-refractivity contribution < 1.29 is 17.9 Å². The lowest BCUT2D eigenvalue weighted by atomic mass is 9.95. The zero-order valence-corrected chi connectivity index (χ0v) is 16.9. The summed E-state index contributed by atoms with van der Waals surface area (Å²) in [5, 5.41) is 5.96.